The van der Waals surface area contributed by atoms with Crippen LogP contribution in [0.5, 0.6) is 0 Å². The van der Waals surface area contributed by atoms with Crippen molar-refractivity contribution >= 4 is 35.2 Å². The molecule has 1 aromatic rings. The summed E-state index contributed by atoms with van der Waals surface area (Å²) in [5, 5.41) is 3.65. The highest BCUT2D eigenvalue weighted by Gasteiger charge is 2.25. The van der Waals surface area contributed by atoms with E-state index in [-0.39, 0.29) is 12.0 Å². The number of carbonyl (C=O) groups excluding carboxylic acids is 2. The SMILES string of the molecule is CC(C)(C)OC(=O)N1CCN(CCNC(=O)c2ccc(Cl)c(Cl)c2)CC1. The summed E-state index contributed by atoms with van der Waals surface area (Å²) >= 11 is 11.8. The summed E-state index contributed by atoms with van der Waals surface area (Å²) < 4.78 is 5.38. The van der Waals surface area contributed by atoms with Crippen LogP contribution in [0.3, 0.4) is 0 Å². The monoisotopic (exact) mass is 401 g/mol. The van der Waals surface area contributed by atoms with Crippen LogP contribution in [-0.4, -0.2) is 66.7 Å². The van der Waals surface area contributed by atoms with Crippen molar-refractivity contribution < 1.29 is 14.3 Å². The van der Waals surface area contributed by atoms with Crippen LogP contribution in [0.1, 0.15) is 31.1 Å². The molecule has 1 aliphatic heterocycles. The van der Waals surface area contributed by atoms with Crippen LogP contribution in [0.25, 0.3) is 0 Å². The van der Waals surface area contributed by atoms with Gasteiger partial charge in [-0.3, -0.25) is 9.69 Å². The van der Waals surface area contributed by atoms with Gasteiger partial charge in [0, 0.05) is 44.8 Å². The Balaban J connectivity index is 1.71. The second-order valence-corrected chi connectivity index (χ2v) is 8.01. The van der Waals surface area contributed by atoms with E-state index in [1.54, 1.807) is 23.1 Å². The molecule has 1 aromatic carbocycles. The Morgan fingerprint density at radius 1 is 1.12 bits per heavy atom. The molecule has 0 aliphatic carbocycles. The van der Waals surface area contributed by atoms with Crippen LogP contribution in [-0.2, 0) is 4.74 Å². The first-order valence-corrected chi connectivity index (χ1v) is 9.35. The molecule has 0 saturated carbocycles. The molecule has 1 aliphatic rings. The van der Waals surface area contributed by atoms with E-state index in [4.69, 9.17) is 27.9 Å². The average molecular weight is 402 g/mol. The zero-order valence-electron chi connectivity index (χ0n) is 15.3. The van der Waals surface area contributed by atoms with E-state index in [0.29, 0.717) is 35.2 Å². The summed E-state index contributed by atoms with van der Waals surface area (Å²) in [4.78, 5) is 28.1. The van der Waals surface area contributed by atoms with Gasteiger partial charge in [0.25, 0.3) is 5.91 Å². The number of piperazine rings is 1. The minimum Gasteiger partial charge on any atom is -0.444 e. The van der Waals surface area contributed by atoms with Crippen molar-refractivity contribution in [2.75, 3.05) is 39.3 Å². The van der Waals surface area contributed by atoms with Gasteiger partial charge in [-0.05, 0) is 39.0 Å². The fourth-order valence-electron chi connectivity index (χ4n) is 2.55. The van der Waals surface area contributed by atoms with Gasteiger partial charge in [-0.15, -0.1) is 0 Å². The van der Waals surface area contributed by atoms with Gasteiger partial charge in [0.1, 0.15) is 5.60 Å². The second-order valence-electron chi connectivity index (χ2n) is 7.19. The van der Waals surface area contributed by atoms with Crippen molar-refractivity contribution in [1.82, 2.24) is 15.1 Å². The average Bonchev–Trinajstić information content (AvgIpc) is 2.56. The number of rotatable bonds is 4. The summed E-state index contributed by atoms with van der Waals surface area (Å²) in [6, 6.07) is 4.80. The van der Waals surface area contributed by atoms with Gasteiger partial charge in [0.2, 0.25) is 0 Å². The molecule has 0 aromatic heterocycles. The van der Waals surface area contributed by atoms with E-state index >= 15 is 0 Å². The number of ether oxygens (including phenoxy) is 1. The molecule has 26 heavy (non-hydrogen) atoms. The lowest BCUT2D eigenvalue weighted by Crippen LogP contribution is -2.51. The van der Waals surface area contributed by atoms with E-state index in [9.17, 15) is 9.59 Å². The maximum atomic E-state index is 12.1. The maximum absolute atomic E-state index is 12.1. The predicted octanol–water partition coefficient (Wildman–Crippen LogP) is 3.28. The maximum Gasteiger partial charge on any atom is 0.410 e. The van der Waals surface area contributed by atoms with Crippen molar-refractivity contribution in [2.45, 2.75) is 26.4 Å². The smallest absolute Gasteiger partial charge is 0.410 e. The molecular formula is C18H25Cl2N3O3. The van der Waals surface area contributed by atoms with Crippen molar-refractivity contribution in [2.24, 2.45) is 0 Å². The Kier molecular flexibility index (Phi) is 7.15. The number of nitrogens with one attached hydrogen (secondary N) is 1. The van der Waals surface area contributed by atoms with Crippen LogP contribution >= 0.6 is 23.2 Å². The van der Waals surface area contributed by atoms with Crippen molar-refractivity contribution in [3.8, 4) is 0 Å². The highest BCUT2D eigenvalue weighted by Crippen LogP contribution is 2.22. The van der Waals surface area contributed by atoms with Crippen LogP contribution in [0.4, 0.5) is 4.79 Å². The van der Waals surface area contributed by atoms with E-state index in [0.717, 1.165) is 19.6 Å². The van der Waals surface area contributed by atoms with Gasteiger partial charge in [-0.25, -0.2) is 4.79 Å². The Bertz CT molecular complexity index is 654. The molecule has 0 atom stereocenters. The number of halogens is 2. The standard InChI is InChI=1S/C18H25Cl2N3O3/c1-18(2,3)26-17(25)23-10-8-22(9-11-23)7-6-21-16(24)13-4-5-14(19)15(20)12-13/h4-5,12H,6-11H2,1-3H3,(H,21,24). The van der Waals surface area contributed by atoms with E-state index in [1.165, 1.54) is 0 Å². The molecule has 2 rings (SSSR count). The fraction of sp³-hybridized carbons (Fsp3) is 0.556. The molecule has 144 valence electrons. The van der Waals surface area contributed by atoms with Gasteiger partial charge < -0.3 is 15.0 Å². The minimum absolute atomic E-state index is 0.184. The van der Waals surface area contributed by atoms with Crippen LogP contribution in [0, 0.1) is 0 Å². The third kappa shape index (κ3) is 6.34. The lowest BCUT2D eigenvalue weighted by Gasteiger charge is -2.35. The summed E-state index contributed by atoms with van der Waals surface area (Å²) in [5.74, 6) is -0.184. The molecular weight excluding hydrogens is 377 g/mol. The van der Waals surface area contributed by atoms with E-state index in [1.807, 2.05) is 20.8 Å². The number of nitrogens with zero attached hydrogens (tertiary/aromatic N) is 2. The fourth-order valence-corrected chi connectivity index (χ4v) is 2.85. The second kappa shape index (κ2) is 8.93. The largest absolute Gasteiger partial charge is 0.444 e. The predicted molar refractivity (Wildman–Crippen MR) is 103 cm³/mol. The van der Waals surface area contributed by atoms with Crippen molar-refractivity contribution in [3.05, 3.63) is 33.8 Å². The van der Waals surface area contributed by atoms with Gasteiger partial charge in [-0.2, -0.15) is 0 Å². The lowest BCUT2D eigenvalue weighted by molar-refractivity contribution is 0.0147. The zero-order valence-corrected chi connectivity index (χ0v) is 16.9. The third-order valence-corrected chi connectivity index (χ3v) is 4.66. The molecule has 0 bridgehead atoms. The van der Waals surface area contributed by atoms with Crippen molar-refractivity contribution in [1.29, 1.82) is 0 Å². The molecule has 0 unspecified atom stereocenters. The molecule has 8 heteroatoms. The normalized spacial score (nSPS) is 15.7. The number of benzene rings is 1. The Labute approximate surface area is 164 Å². The molecule has 2 amide bonds. The Hall–Kier alpha value is -1.50. The molecule has 1 heterocycles. The third-order valence-electron chi connectivity index (χ3n) is 3.92. The topological polar surface area (TPSA) is 61.9 Å². The molecule has 0 radical (unpaired) electrons. The molecule has 6 nitrogen and oxygen atoms in total. The van der Waals surface area contributed by atoms with Gasteiger partial charge in [0.15, 0.2) is 0 Å². The molecule has 1 fully saturated rings. The summed E-state index contributed by atoms with van der Waals surface area (Å²) in [6.07, 6.45) is -0.273. The Morgan fingerprint density at radius 3 is 2.35 bits per heavy atom. The Morgan fingerprint density at radius 2 is 1.77 bits per heavy atom. The highest BCUT2D eigenvalue weighted by atomic mass is 35.5. The molecule has 0 spiro atoms. The van der Waals surface area contributed by atoms with Crippen LogP contribution in [0.15, 0.2) is 18.2 Å². The van der Waals surface area contributed by atoms with E-state index < -0.39 is 5.60 Å². The minimum atomic E-state index is -0.483. The quantitative estimate of drug-likeness (QED) is 0.840. The molecule has 1 N–H and O–H groups in total. The number of hydrogen-bond acceptors (Lipinski definition) is 4. The summed E-state index contributed by atoms with van der Waals surface area (Å²) in [5.41, 5.74) is -0.00238. The highest BCUT2D eigenvalue weighted by molar-refractivity contribution is 6.42. The zero-order chi connectivity index (χ0) is 19.3. The first-order valence-electron chi connectivity index (χ1n) is 8.59. The van der Waals surface area contributed by atoms with Crippen molar-refractivity contribution in [3.63, 3.8) is 0 Å². The first-order chi connectivity index (χ1) is 12.2. The number of carbonyl (C=O) groups is 2. The summed E-state index contributed by atoms with van der Waals surface area (Å²) in [6.45, 7) is 9.56. The van der Waals surface area contributed by atoms with Gasteiger partial charge >= 0.3 is 6.09 Å². The lowest BCUT2D eigenvalue weighted by atomic mass is 10.2. The molecule has 1 saturated heterocycles. The number of amides is 2. The van der Waals surface area contributed by atoms with Crippen LogP contribution in [0.2, 0.25) is 10.0 Å². The van der Waals surface area contributed by atoms with E-state index in [2.05, 4.69) is 10.2 Å². The summed E-state index contributed by atoms with van der Waals surface area (Å²) in [7, 11) is 0. The van der Waals surface area contributed by atoms with Crippen LogP contribution < -0.4 is 5.32 Å². The first kappa shape index (κ1) is 20.8. The number of hydrogen-bond donors (Lipinski definition) is 1. The van der Waals surface area contributed by atoms with Gasteiger partial charge in [0.05, 0.1) is 10.0 Å². The van der Waals surface area contributed by atoms with Gasteiger partial charge in [-0.1, -0.05) is 23.2 Å².